The van der Waals surface area contributed by atoms with Crippen molar-refractivity contribution in [3.8, 4) is 5.75 Å². The molecule has 0 aliphatic heterocycles. The minimum Gasteiger partial charge on any atom is -0.508 e. The van der Waals surface area contributed by atoms with E-state index >= 15 is 0 Å². The van der Waals surface area contributed by atoms with Crippen LogP contribution in [0.5, 0.6) is 5.75 Å². The summed E-state index contributed by atoms with van der Waals surface area (Å²) in [6, 6.07) is 17.0. The molecule has 7 heteroatoms. The Hall–Kier alpha value is -3.45. The quantitative estimate of drug-likeness (QED) is 0.482. The van der Waals surface area contributed by atoms with Gasteiger partial charge in [0.1, 0.15) is 11.6 Å². The normalized spacial score (nSPS) is 11.5. The summed E-state index contributed by atoms with van der Waals surface area (Å²) in [6.45, 7) is 0. The van der Waals surface area contributed by atoms with E-state index in [4.69, 9.17) is 0 Å². The topological polar surface area (TPSA) is 83.5 Å². The van der Waals surface area contributed by atoms with Crippen molar-refractivity contribution in [1.82, 2.24) is 0 Å². The Morgan fingerprint density at radius 2 is 1.64 bits per heavy atom. The van der Waals surface area contributed by atoms with E-state index in [2.05, 4.69) is 4.72 Å². The average Bonchev–Trinajstić information content (AvgIpc) is 2.68. The van der Waals surface area contributed by atoms with Gasteiger partial charge in [-0.3, -0.25) is 9.52 Å². The van der Waals surface area contributed by atoms with Crippen LogP contribution in [0.1, 0.15) is 15.9 Å². The Morgan fingerprint density at radius 3 is 2.32 bits per heavy atom. The number of carbonyl (C=O) groups excluding carboxylic acids is 1. The third-order valence-corrected chi connectivity index (χ3v) is 5.26. The molecule has 0 fully saturated rings. The monoisotopic (exact) mass is 397 g/mol. The molecule has 0 aliphatic rings. The van der Waals surface area contributed by atoms with Crippen molar-refractivity contribution < 1.29 is 22.7 Å². The molecule has 0 saturated carbocycles. The van der Waals surface area contributed by atoms with Gasteiger partial charge in [-0.15, -0.1) is 0 Å². The van der Waals surface area contributed by atoms with Crippen LogP contribution in [-0.4, -0.2) is 19.3 Å². The van der Waals surface area contributed by atoms with Gasteiger partial charge in [0.2, 0.25) is 0 Å². The number of hydrogen-bond donors (Lipinski definition) is 2. The second-order valence-electron chi connectivity index (χ2n) is 5.89. The predicted octanol–water partition coefficient (Wildman–Crippen LogP) is 4.23. The van der Waals surface area contributed by atoms with Crippen molar-refractivity contribution in [2.24, 2.45) is 0 Å². The molecule has 0 heterocycles. The number of phenolic OH excluding ortho intramolecular Hbond substituents is 1. The van der Waals surface area contributed by atoms with Crippen LogP contribution in [-0.2, 0) is 10.0 Å². The van der Waals surface area contributed by atoms with Gasteiger partial charge in [0.25, 0.3) is 10.0 Å². The summed E-state index contributed by atoms with van der Waals surface area (Å²) in [5.74, 6) is -0.955. The lowest BCUT2D eigenvalue weighted by atomic mass is 10.1. The van der Waals surface area contributed by atoms with Gasteiger partial charge in [-0.05, 0) is 54.1 Å². The van der Waals surface area contributed by atoms with Crippen LogP contribution in [0.3, 0.4) is 0 Å². The lowest BCUT2D eigenvalue weighted by Crippen LogP contribution is -2.13. The van der Waals surface area contributed by atoms with Crippen molar-refractivity contribution in [1.29, 1.82) is 0 Å². The Labute approximate surface area is 161 Å². The maximum atomic E-state index is 13.0. The molecule has 2 N–H and O–H groups in total. The summed E-state index contributed by atoms with van der Waals surface area (Å²) in [7, 11) is -4.01. The lowest BCUT2D eigenvalue weighted by Gasteiger charge is -2.11. The molecule has 3 aromatic rings. The van der Waals surface area contributed by atoms with E-state index in [0.29, 0.717) is 11.1 Å². The SMILES string of the molecule is O=C(C=Cc1ccc(O)cc1NS(=O)(=O)c1ccc(F)cc1)c1ccccc1. The maximum absolute atomic E-state index is 13.0. The number of phenols is 1. The predicted molar refractivity (Wildman–Crippen MR) is 105 cm³/mol. The summed E-state index contributed by atoms with van der Waals surface area (Å²) in [5, 5.41) is 9.72. The average molecular weight is 397 g/mol. The zero-order chi connectivity index (χ0) is 20.1. The number of nitrogens with one attached hydrogen (secondary N) is 1. The molecule has 5 nitrogen and oxygen atoms in total. The number of carbonyl (C=O) groups is 1. The fourth-order valence-corrected chi connectivity index (χ4v) is 3.54. The first-order valence-electron chi connectivity index (χ1n) is 8.24. The molecule has 0 aliphatic carbocycles. The van der Waals surface area contributed by atoms with Gasteiger partial charge < -0.3 is 5.11 Å². The second kappa shape index (κ2) is 8.06. The zero-order valence-electron chi connectivity index (χ0n) is 14.5. The number of aromatic hydroxyl groups is 1. The molecule has 0 bridgehead atoms. The number of halogens is 1. The molecule has 0 amide bonds. The highest BCUT2D eigenvalue weighted by molar-refractivity contribution is 7.92. The Morgan fingerprint density at radius 1 is 0.964 bits per heavy atom. The molecular weight excluding hydrogens is 381 g/mol. The van der Waals surface area contributed by atoms with Gasteiger partial charge >= 0.3 is 0 Å². The van der Waals surface area contributed by atoms with Crippen LogP contribution in [0.15, 0.2) is 83.8 Å². The Balaban J connectivity index is 1.90. The molecule has 3 aromatic carbocycles. The van der Waals surface area contributed by atoms with Crippen molar-refractivity contribution >= 4 is 27.6 Å². The molecule has 0 aromatic heterocycles. The minimum atomic E-state index is -4.01. The Kier molecular flexibility index (Phi) is 5.56. The van der Waals surface area contributed by atoms with Gasteiger partial charge in [-0.2, -0.15) is 0 Å². The van der Waals surface area contributed by atoms with E-state index in [-0.39, 0.29) is 22.1 Å². The first-order chi connectivity index (χ1) is 13.3. The smallest absolute Gasteiger partial charge is 0.261 e. The molecule has 3 rings (SSSR count). The van der Waals surface area contributed by atoms with Gasteiger partial charge in [0.05, 0.1) is 10.6 Å². The fourth-order valence-electron chi connectivity index (χ4n) is 2.46. The highest BCUT2D eigenvalue weighted by Crippen LogP contribution is 2.26. The van der Waals surface area contributed by atoms with E-state index in [1.54, 1.807) is 30.3 Å². The summed E-state index contributed by atoms with van der Waals surface area (Å²) in [4.78, 5) is 12.1. The number of hydrogen-bond acceptors (Lipinski definition) is 4. The van der Waals surface area contributed by atoms with E-state index in [1.807, 2.05) is 0 Å². The summed E-state index contributed by atoms with van der Waals surface area (Å²) < 4.78 is 40.5. The fraction of sp³-hybridized carbons (Fsp3) is 0. The van der Waals surface area contributed by atoms with E-state index in [0.717, 1.165) is 24.3 Å². The number of allylic oxidation sites excluding steroid dienone is 1. The van der Waals surface area contributed by atoms with Crippen LogP contribution in [0.2, 0.25) is 0 Å². The van der Waals surface area contributed by atoms with Gasteiger partial charge in [-0.25, -0.2) is 12.8 Å². The molecule has 0 atom stereocenters. The molecular formula is C21H16FNO4S. The summed E-state index contributed by atoms with van der Waals surface area (Å²) in [6.07, 6.45) is 2.77. The first-order valence-corrected chi connectivity index (χ1v) is 9.72. The van der Waals surface area contributed by atoms with E-state index in [9.17, 15) is 22.7 Å². The van der Waals surface area contributed by atoms with Gasteiger partial charge in [-0.1, -0.05) is 30.3 Å². The third-order valence-electron chi connectivity index (χ3n) is 3.88. The highest BCUT2D eigenvalue weighted by Gasteiger charge is 2.16. The molecule has 0 unspecified atom stereocenters. The summed E-state index contributed by atoms with van der Waals surface area (Å²) in [5.41, 5.74) is 0.958. The van der Waals surface area contributed by atoms with Crippen molar-refractivity contribution in [2.75, 3.05) is 4.72 Å². The van der Waals surface area contributed by atoms with Crippen molar-refractivity contribution in [2.45, 2.75) is 4.90 Å². The summed E-state index contributed by atoms with van der Waals surface area (Å²) >= 11 is 0. The number of rotatable bonds is 6. The van der Waals surface area contributed by atoms with E-state index < -0.39 is 15.8 Å². The first kappa shape index (κ1) is 19.3. The maximum Gasteiger partial charge on any atom is 0.261 e. The number of benzene rings is 3. The number of sulfonamides is 1. The van der Waals surface area contributed by atoms with Gasteiger partial charge in [0.15, 0.2) is 5.78 Å². The third kappa shape index (κ3) is 4.63. The molecule has 0 saturated heterocycles. The van der Waals surface area contributed by atoms with Crippen LogP contribution >= 0.6 is 0 Å². The lowest BCUT2D eigenvalue weighted by molar-refractivity contribution is 0.104. The molecule has 0 spiro atoms. The minimum absolute atomic E-state index is 0.0847. The zero-order valence-corrected chi connectivity index (χ0v) is 15.4. The number of anilines is 1. The molecule has 0 radical (unpaired) electrons. The molecule has 142 valence electrons. The van der Waals surface area contributed by atoms with Crippen LogP contribution in [0.25, 0.3) is 6.08 Å². The molecule has 28 heavy (non-hydrogen) atoms. The largest absolute Gasteiger partial charge is 0.508 e. The standard InChI is InChI=1S/C21H16FNO4S/c22-17-8-11-19(12-9-17)28(26,27)23-20-14-18(24)10-6-15(20)7-13-21(25)16-4-2-1-3-5-16/h1-14,23-24H. The van der Waals surface area contributed by atoms with Crippen LogP contribution in [0.4, 0.5) is 10.1 Å². The van der Waals surface area contributed by atoms with Crippen LogP contribution < -0.4 is 4.72 Å². The van der Waals surface area contributed by atoms with Crippen molar-refractivity contribution in [3.05, 3.63) is 95.8 Å². The van der Waals surface area contributed by atoms with Crippen molar-refractivity contribution in [3.63, 3.8) is 0 Å². The van der Waals surface area contributed by atoms with Crippen LogP contribution in [0, 0.1) is 5.82 Å². The number of ketones is 1. The second-order valence-corrected chi connectivity index (χ2v) is 7.58. The Bertz CT molecular complexity index is 1120. The highest BCUT2D eigenvalue weighted by atomic mass is 32.2. The van der Waals surface area contributed by atoms with E-state index in [1.165, 1.54) is 30.4 Å². The van der Waals surface area contributed by atoms with Gasteiger partial charge in [0, 0.05) is 11.6 Å².